The number of hydrogen-bond acceptors (Lipinski definition) is 5. The SMILES string of the molecule is COCOc1ccc2ccc(=O)oc2c1CC(C)O. The maximum Gasteiger partial charge on any atom is 0.336 e. The second kappa shape index (κ2) is 5.86. The van der Waals surface area contributed by atoms with Crippen molar-refractivity contribution >= 4 is 11.0 Å². The van der Waals surface area contributed by atoms with E-state index in [0.29, 0.717) is 23.3 Å². The van der Waals surface area contributed by atoms with Gasteiger partial charge in [-0.2, -0.15) is 0 Å². The summed E-state index contributed by atoms with van der Waals surface area (Å²) >= 11 is 0. The molecule has 0 saturated carbocycles. The normalized spacial score (nSPS) is 12.6. The van der Waals surface area contributed by atoms with Crippen molar-refractivity contribution in [2.45, 2.75) is 19.4 Å². The van der Waals surface area contributed by atoms with Crippen LogP contribution in [0.25, 0.3) is 11.0 Å². The third kappa shape index (κ3) is 3.13. The first kappa shape index (κ1) is 13.6. The summed E-state index contributed by atoms with van der Waals surface area (Å²) in [5.41, 5.74) is 0.687. The first-order chi connectivity index (χ1) is 9.11. The molecule has 0 fully saturated rings. The van der Waals surface area contributed by atoms with Gasteiger partial charge in [0.05, 0.1) is 6.10 Å². The van der Waals surface area contributed by atoms with Crippen LogP contribution in [0.1, 0.15) is 12.5 Å². The van der Waals surface area contributed by atoms with Crippen molar-refractivity contribution in [3.63, 3.8) is 0 Å². The Morgan fingerprint density at radius 2 is 2.05 bits per heavy atom. The van der Waals surface area contributed by atoms with E-state index in [1.807, 2.05) is 0 Å². The number of benzene rings is 1. The van der Waals surface area contributed by atoms with Crippen molar-refractivity contribution in [3.05, 3.63) is 40.2 Å². The van der Waals surface area contributed by atoms with E-state index in [0.717, 1.165) is 5.39 Å². The Kier molecular flexibility index (Phi) is 4.19. The van der Waals surface area contributed by atoms with Crippen LogP contribution in [0.2, 0.25) is 0 Å². The lowest BCUT2D eigenvalue weighted by Gasteiger charge is -2.13. The molecule has 5 heteroatoms. The Balaban J connectivity index is 2.57. The van der Waals surface area contributed by atoms with Crippen LogP contribution in [0.5, 0.6) is 5.75 Å². The molecule has 0 aliphatic carbocycles. The molecule has 0 aliphatic heterocycles. The minimum atomic E-state index is -0.569. The molecule has 0 saturated heterocycles. The Morgan fingerprint density at radius 1 is 1.32 bits per heavy atom. The number of methoxy groups -OCH3 is 1. The summed E-state index contributed by atoms with van der Waals surface area (Å²) < 4.78 is 15.5. The van der Waals surface area contributed by atoms with E-state index in [2.05, 4.69) is 0 Å². The van der Waals surface area contributed by atoms with E-state index in [9.17, 15) is 9.90 Å². The lowest BCUT2D eigenvalue weighted by atomic mass is 10.0. The topological polar surface area (TPSA) is 68.9 Å². The van der Waals surface area contributed by atoms with Gasteiger partial charge in [-0.1, -0.05) is 0 Å². The molecule has 2 rings (SSSR count). The van der Waals surface area contributed by atoms with Crippen molar-refractivity contribution < 1.29 is 19.0 Å². The first-order valence-electron chi connectivity index (χ1n) is 5.97. The average Bonchev–Trinajstić information content (AvgIpc) is 2.37. The van der Waals surface area contributed by atoms with Gasteiger partial charge in [0.2, 0.25) is 0 Å². The molecule has 5 nitrogen and oxygen atoms in total. The number of aliphatic hydroxyl groups is 1. The van der Waals surface area contributed by atoms with Gasteiger partial charge in [-0.25, -0.2) is 4.79 Å². The monoisotopic (exact) mass is 264 g/mol. The van der Waals surface area contributed by atoms with Gasteiger partial charge in [0.1, 0.15) is 11.3 Å². The molecule has 0 spiro atoms. The highest BCUT2D eigenvalue weighted by Gasteiger charge is 2.14. The quantitative estimate of drug-likeness (QED) is 0.657. The Bertz CT molecular complexity index is 615. The highest BCUT2D eigenvalue weighted by atomic mass is 16.7. The van der Waals surface area contributed by atoms with E-state index >= 15 is 0 Å². The van der Waals surface area contributed by atoms with E-state index < -0.39 is 11.7 Å². The number of ether oxygens (including phenoxy) is 2. The molecular weight excluding hydrogens is 248 g/mol. The number of rotatable bonds is 5. The molecule has 1 aromatic heterocycles. The lowest BCUT2D eigenvalue weighted by Crippen LogP contribution is -2.09. The van der Waals surface area contributed by atoms with Gasteiger partial charge < -0.3 is 19.0 Å². The fourth-order valence-corrected chi connectivity index (χ4v) is 1.92. The van der Waals surface area contributed by atoms with Crippen molar-refractivity contribution in [2.24, 2.45) is 0 Å². The van der Waals surface area contributed by atoms with E-state index in [4.69, 9.17) is 13.9 Å². The van der Waals surface area contributed by atoms with Gasteiger partial charge in [0.15, 0.2) is 6.79 Å². The lowest BCUT2D eigenvalue weighted by molar-refractivity contribution is 0.0500. The number of fused-ring (bicyclic) bond motifs is 1. The first-order valence-corrected chi connectivity index (χ1v) is 5.97. The third-order valence-corrected chi connectivity index (χ3v) is 2.68. The molecule has 0 amide bonds. The summed E-state index contributed by atoms with van der Waals surface area (Å²) in [5, 5.41) is 10.4. The predicted octanol–water partition coefficient (Wildman–Crippen LogP) is 1.70. The van der Waals surface area contributed by atoms with Crippen LogP contribution in [0, 0.1) is 0 Å². The maximum atomic E-state index is 11.4. The zero-order chi connectivity index (χ0) is 13.8. The van der Waals surface area contributed by atoms with E-state index in [-0.39, 0.29) is 6.79 Å². The summed E-state index contributed by atoms with van der Waals surface area (Å²) in [6.07, 6.45) is -0.232. The van der Waals surface area contributed by atoms with Gasteiger partial charge in [-0.3, -0.25) is 0 Å². The van der Waals surface area contributed by atoms with Gasteiger partial charge in [0, 0.05) is 30.5 Å². The summed E-state index contributed by atoms with van der Waals surface area (Å²) in [6.45, 7) is 1.76. The molecule has 0 bridgehead atoms. The zero-order valence-corrected chi connectivity index (χ0v) is 10.9. The molecule has 0 radical (unpaired) electrons. The van der Waals surface area contributed by atoms with Gasteiger partial charge >= 0.3 is 5.63 Å². The molecule has 1 N–H and O–H groups in total. The molecule has 1 unspecified atom stereocenters. The molecular formula is C14H16O5. The van der Waals surface area contributed by atoms with Crippen molar-refractivity contribution in [1.82, 2.24) is 0 Å². The predicted molar refractivity (Wildman–Crippen MR) is 70.4 cm³/mol. The van der Waals surface area contributed by atoms with Crippen molar-refractivity contribution in [1.29, 1.82) is 0 Å². The molecule has 1 heterocycles. The van der Waals surface area contributed by atoms with Gasteiger partial charge in [-0.05, 0) is 25.1 Å². The second-order valence-corrected chi connectivity index (χ2v) is 4.32. The summed E-state index contributed by atoms with van der Waals surface area (Å²) in [7, 11) is 1.52. The second-order valence-electron chi connectivity index (χ2n) is 4.32. The summed E-state index contributed by atoms with van der Waals surface area (Å²) in [6, 6.07) is 6.63. The molecule has 0 aliphatic rings. The Labute approximate surface area is 110 Å². The molecule has 2 aromatic rings. The Morgan fingerprint density at radius 3 is 2.74 bits per heavy atom. The minimum absolute atomic E-state index is 0.0926. The van der Waals surface area contributed by atoms with Crippen LogP contribution in [0.15, 0.2) is 33.5 Å². The number of hydrogen-bond donors (Lipinski definition) is 1. The van der Waals surface area contributed by atoms with E-state index in [1.54, 1.807) is 25.1 Å². The van der Waals surface area contributed by atoms with Crippen LogP contribution >= 0.6 is 0 Å². The van der Waals surface area contributed by atoms with Crippen molar-refractivity contribution in [2.75, 3.05) is 13.9 Å². The molecule has 102 valence electrons. The number of aliphatic hydroxyl groups excluding tert-OH is 1. The van der Waals surface area contributed by atoms with Crippen LogP contribution in [0.3, 0.4) is 0 Å². The third-order valence-electron chi connectivity index (χ3n) is 2.68. The van der Waals surface area contributed by atoms with Crippen molar-refractivity contribution in [3.8, 4) is 5.75 Å². The Hall–Kier alpha value is -1.85. The molecule has 1 atom stereocenters. The zero-order valence-electron chi connectivity index (χ0n) is 10.9. The van der Waals surface area contributed by atoms with Gasteiger partial charge in [-0.15, -0.1) is 0 Å². The fraction of sp³-hybridized carbons (Fsp3) is 0.357. The van der Waals surface area contributed by atoms with Gasteiger partial charge in [0.25, 0.3) is 0 Å². The van der Waals surface area contributed by atoms with Crippen LogP contribution < -0.4 is 10.4 Å². The molecule has 19 heavy (non-hydrogen) atoms. The fourth-order valence-electron chi connectivity index (χ4n) is 1.92. The maximum absolute atomic E-state index is 11.4. The highest BCUT2D eigenvalue weighted by molar-refractivity contribution is 5.82. The molecule has 1 aromatic carbocycles. The average molecular weight is 264 g/mol. The van der Waals surface area contributed by atoms with Crippen LogP contribution in [-0.4, -0.2) is 25.1 Å². The highest BCUT2D eigenvalue weighted by Crippen LogP contribution is 2.28. The van der Waals surface area contributed by atoms with Crippen LogP contribution in [0.4, 0.5) is 0 Å². The van der Waals surface area contributed by atoms with E-state index in [1.165, 1.54) is 13.2 Å². The largest absolute Gasteiger partial charge is 0.467 e. The summed E-state index contributed by atoms with van der Waals surface area (Å²) in [4.78, 5) is 11.4. The standard InChI is InChI=1S/C14H16O5/c1-9(15)7-11-12(18-8-17-2)5-3-10-4-6-13(16)19-14(10)11/h3-6,9,15H,7-8H2,1-2H3. The van der Waals surface area contributed by atoms with Crippen LogP contribution in [-0.2, 0) is 11.2 Å². The minimum Gasteiger partial charge on any atom is -0.467 e. The smallest absolute Gasteiger partial charge is 0.336 e. The summed E-state index contributed by atoms with van der Waals surface area (Å²) in [5.74, 6) is 0.546.